The number of aryl methyl sites for hydroxylation is 2. The van der Waals surface area contributed by atoms with Gasteiger partial charge in [-0.2, -0.15) is 9.40 Å². The molecule has 2 fully saturated rings. The van der Waals surface area contributed by atoms with Gasteiger partial charge in [0, 0.05) is 32.1 Å². The number of piperidine rings is 1. The minimum Gasteiger partial charge on any atom is -0.276 e. The van der Waals surface area contributed by atoms with E-state index in [0.29, 0.717) is 31.5 Å². The second-order valence-electron chi connectivity index (χ2n) is 8.16. The Morgan fingerprint density at radius 3 is 2.41 bits per heavy atom. The SMILES string of the molecule is Cc1ccc(F)cc1S(=O)(=O)N1CCC(c2nn(C)c(=O)n2C2CCCC2)CC1. The molecule has 1 aliphatic heterocycles. The first-order chi connectivity index (χ1) is 13.8. The Morgan fingerprint density at radius 2 is 1.76 bits per heavy atom. The number of hydrogen-bond donors (Lipinski definition) is 0. The van der Waals surface area contributed by atoms with Crippen LogP contribution in [0.15, 0.2) is 27.9 Å². The Hall–Kier alpha value is -2.00. The van der Waals surface area contributed by atoms with Gasteiger partial charge < -0.3 is 0 Å². The van der Waals surface area contributed by atoms with Gasteiger partial charge >= 0.3 is 5.69 Å². The van der Waals surface area contributed by atoms with E-state index >= 15 is 0 Å². The Balaban J connectivity index is 1.55. The lowest BCUT2D eigenvalue weighted by Crippen LogP contribution is -2.39. The number of benzene rings is 1. The van der Waals surface area contributed by atoms with Crippen LogP contribution < -0.4 is 5.69 Å². The molecular weight excluding hydrogens is 395 g/mol. The molecule has 1 saturated carbocycles. The molecule has 1 saturated heterocycles. The predicted octanol–water partition coefficient (Wildman–Crippen LogP) is 2.71. The van der Waals surface area contributed by atoms with E-state index in [0.717, 1.165) is 37.6 Å². The Morgan fingerprint density at radius 1 is 1.10 bits per heavy atom. The Bertz CT molecular complexity index is 1060. The van der Waals surface area contributed by atoms with Gasteiger partial charge in [-0.25, -0.2) is 22.3 Å². The molecule has 1 aliphatic carbocycles. The minimum atomic E-state index is -3.75. The Kier molecular flexibility index (Phi) is 5.37. The van der Waals surface area contributed by atoms with Gasteiger partial charge in [0.2, 0.25) is 10.0 Å². The van der Waals surface area contributed by atoms with E-state index in [1.165, 1.54) is 21.1 Å². The van der Waals surface area contributed by atoms with Crippen LogP contribution in [0.3, 0.4) is 0 Å². The molecule has 0 atom stereocenters. The number of rotatable bonds is 4. The first kappa shape index (κ1) is 20.3. The summed E-state index contributed by atoms with van der Waals surface area (Å²) in [6.45, 7) is 2.34. The summed E-state index contributed by atoms with van der Waals surface area (Å²) in [5, 5.41) is 4.50. The molecule has 2 heterocycles. The largest absolute Gasteiger partial charge is 0.345 e. The fourth-order valence-electron chi connectivity index (χ4n) is 4.63. The molecule has 0 amide bonds. The third kappa shape index (κ3) is 3.66. The molecular formula is C20H27FN4O3S. The number of nitrogens with zero attached hydrogens (tertiary/aromatic N) is 4. The van der Waals surface area contributed by atoms with Crippen LogP contribution in [0.5, 0.6) is 0 Å². The van der Waals surface area contributed by atoms with Gasteiger partial charge in [-0.15, -0.1) is 0 Å². The van der Waals surface area contributed by atoms with Crippen LogP contribution in [0, 0.1) is 12.7 Å². The summed E-state index contributed by atoms with van der Waals surface area (Å²) < 4.78 is 44.3. The molecule has 158 valence electrons. The summed E-state index contributed by atoms with van der Waals surface area (Å²) in [6.07, 6.45) is 5.41. The lowest BCUT2D eigenvalue weighted by Gasteiger charge is -2.31. The molecule has 2 aromatic rings. The standard InChI is InChI=1S/C20H27FN4O3S/c1-14-7-8-16(21)13-18(14)29(27,28)24-11-9-15(10-12-24)19-22-23(2)20(26)25(19)17-5-3-4-6-17/h7-8,13,15,17H,3-6,9-12H2,1-2H3. The number of aromatic nitrogens is 3. The van der Waals surface area contributed by atoms with Gasteiger partial charge in [-0.1, -0.05) is 18.9 Å². The van der Waals surface area contributed by atoms with Crippen molar-refractivity contribution in [1.82, 2.24) is 18.7 Å². The molecule has 1 aromatic carbocycles. The number of sulfonamides is 1. The van der Waals surface area contributed by atoms with E-state index in [1.807, 2.05) is 4.57 Å². The molecule has 29 heavy (non-hydrogen) atoms. The highest BCUT2D eigenvalue weighted by atomic mass is 32.2. The van der Waals surface area contributed by atoms with Crippen molar-refractivity contribution in [3.8, 4) is 0 Å². The van der Waals surface area contributed by atoms with Gasteiger partial charge in [0.1, 0.15) is 11.6 Å². The van der Waals surface area contributed by atoms with Crippen molar-refractivity contribution < 1.29 is 12.8 Å². The van der Waals surface area contributed by atoms with Gasteiger partial charge in [0.05, 0.1) is 4.90 Å². The first-order valence-electron chi connectivity index (χ1n) is 10.2. The average molecular weight is 423 g/mol. The zero-order valence-corrected chi connectivity index (χ0v) is 17.7. The molecule has 0 spiro atoms. The molecule has 0 bridgehead atoms. The van der Waals surface area contributed by atoms with E-state index in [-0.39, 0.29) is 22.5 Å². The number of hydrogen-bond acceptors (Lipinski definition) is 4. The van der Waals surface area contributed by atoms with E-state index < -0.39 is 15.8 Å². The second-order valence-corrected chi connectivity index (χ2v) is 10.1. The van der Waals surface area contributed by atoms with Crippen molar-refractivity contribution in [1.29, 1.82) is 0 Å². The molecule has 0 N–H and O–H groups in total. The molecule has 9 heteroatoms. The topological polar surface area (TPSA) is 77.2 Å². The summed E-state index contributed by atoms with van der Waals surface area (Å²) in [4.78, 5) is 12.6. The zero-order valence-electron chi connectivity index (χ0n) is 16.8. The Labute approximate surface area is 170 Å². The van der Waals surface area contributed by atoms with Crippen LogP contribution in [0.4, 0.5) is 4.39 Å². The molecule has 0 unspecified atom stereocenters. The number of halogens is 1. The maximum atomic E-state index is 13.6. The minimum absolute atomic E-state index is 0.0247. The quantitative estimate of drug-likeness (QED) is 0.759. The van der Waals surface area contributed by atoms with Crippen LogP contribution >= 0.6 is 0 Å². The average Bonchev–Trinajstić information content (AvgIpc) is 3.32. The molecule has 2 aliphatic rings. The summed E-state index contributed by atoms with van der Waals surface area (Å²) in [7, 11) is -2.08. The fourth-order valence-corrected chi connectivity index (χ4v) is 6.33. The van der Waals surface area contributed by atoms with Crippen LogP contribution in [0.2, 0.25) is 0 Å². The van der Waals surface area contributed by atoms with Crippen LogP contribution in [-0.2, 0) is 17.1 Å². The zero-order chi connectivity index (χ0) is 20.8. The highest BCUT2D eigenvalue weighted by molar-refractivity contribution is 7.89. The van der Waals surface area contributed by atoms with E-state index in [2.05, 4.69) is 5.10 Å². The van der Waals surface area contributed by atoms with Crippen molar-refractivity contribution in [2.75, 3.05) is 13.1 Å². The predicted molar refractivity (Wildman–Crippen MR) is 107 cm³/mol. The maximum Gasteiger partial charge on any atom is 0.345 e. The van der Waals surface area contributed by atoms with Crippen LogP contribution in [0.25, 0.3) is 0 Å². The second kappa shape index (κ2) is 7.68. The monoisotopic (exact) mass is 422 g/mol. The van der Waals surface area contributed by atoms with Gasteiger partial charge in [-0.3, -0.25) is 4.57 Å². The van der Waals surface area contributed by atoms with E-state index in [9.17, 15) is 17.6 Å². The summed E-state index contributed by atoms with van der Waals surface area (Å²) in [5.41, 5.74) is 0.450. The molecule has 0 radical (unpaired) electrons. The lowest BCUT2D eigenvalue weighted by molar-refractivity contribution is 0.304. The first-order valence-corrected chi connectivity index (χ1v) is 11.6. The lowest BCUT2D eigenvalue weighted by atomic mass is 9.97. The molecule has 7 nitrogen and oxygen atoms in total. The third-order valence-electron chi connectivity index (χ3n) is 6.26. The fraction of sp³-hybridized carbons (Fsp3) is 0.600. The summed E-state index contributed by atoms with van der Waals surface area (Å²) in [6, 6.07) is 4.04. The normalized spacial score (nSPS) is 19.8. The third-order valence-corrected chi connectivity index (χ3v) is 8.30. The van der Waals surface area contributed by atoms with Gasteiger partial charge in [0.15, 0.2) is 0 Å². The smallest absolute Gasteiger partial charge is 0.276 e. The van der Waals surface area contributed by atoms with Crippen molar-refractivity contribution in [3.63, 3.8) is 0 Å². The highest BCUT2D eigenvalue weighted by Gasteiger charge is 2.34. The van der Waals surface area contributed by atoms with Crippen molar-refractivity contribution in [2.24, 2.45) is 7.05 Å². The molecule has 1 aromatic heterocycles. The van der Waals surface area contributed by atoms with E-state index in [1.54, 1.807) is 14.0 Å². The van der Waals surface area contributed by atoms with E-state index in [4.69, 9.17) is 0 Å². The van der Waals surface area contributed by atoms with Crippen LogP contribution in [0.1, 0.15) is 61.9 Å². The maximum absolute atomic E-state index is 13.6. The van der Waals surface area contributed by atoms with Crippen LogP contribution in [-0.4, -0.2) is 40.2 Å². The summed E-state index contributed by atoms with van der Waals surface area (Å²) >= 11 is 0. The highest BCUT2D eigenvalue weighted by Crippen LogP contribution is 2.34. The van der Waals surface area contributed by atoms with Gasteiger partial charge in [0.25, 0.3) is 0 Å². The summed E-state index contributed by atoms with van der Waals surface area (Å²) in [5.74, 6) is 0.270. The van der Waals surface area contributed by atoms with Crippen molar-refractivity contribution in [2.45, 2.75) is 62.3 Å². The van der Waals surface area contributed by atoms with Crippen molar-refractivity contribution >= 4 is 10.0 Å². The van der Waals surface area contributed by atoms with Crippen molar-refractivity contribution in [3.05, 3.63) is 45.9 Å². The van der Waals surface area contributed by atoms with Gasteiger partial charge in [-0.05, 0) is 50.3 Å². The molecule has 4 rings (SSSR count).